The van der Waals surface area contributed by atoms with E-state index in [4.69, 9.17) is 0 Å². The molecule has 12 heavy (non-hydrogen) atoms. The molecule has 0 aromatic carbocycles. The summed E-state index contributed by atoms with van der Waals surface area (Å²) in [5, 5.41) is 0. The monoisotopic (exact) mass is 166 g/mol. The highest BCUT2D eigenvalue weighted by atomic mass is 14.4. The molecule has 0 aliphatic heterocycles. The molecule has 0 radical (unpaired) electrons. The maximum Gasteiger partial charge on any atom is -0.0302 e. The van der Waals surface area contributed by atoms with Gasteiger partial charge in [0.2, 0.25) is 0 Å². The van der Waals surface area contributed by atoms with Crippen LogP contribution in [0.3, 0.4) is 0 Å². The van der Waals surface area contributed by atoms with Gasteiger partial charge in [0, 0.05) is 0 Å². The van der Waals surface area contributed by atoms with Crippen molar-refractivity contribution in [3.05, 3.63) is 12.7 Å². The van der Waals surface area contributed by atoms with Gasteiger partial charge in [0.1, 0.15) is 0 Å². The van der Waals surface area contributed by atoms with Crippen LogP contribution in [0.25, 0.3) is 0 Å². The molecule has 0 bridgehead atoms. The molecule has 0 aromatic heterocycles. The van der Waals surface area contributed by atoms with Crippen molar-refractivity contribution in [1.82, 2.24) is 0 Å². The van der Waals surface area contributed by atoms with E-state index in [9.17, 15) is 0 Å². The average Bonchev–Trinajstić information content (AvgIpc) is 1.97. The van der Waals surface area contributed by atoms with E-state index in [1.54, 1.807) is 0 Å². The van der Waals surface area contributed by atoms with Crippen LogP contribution in [0, 0.1) is 17.3 Å². The summed E-state index contributed by atoms with van der Waals surface area (Å²) >= 11 is 0. The van der Waals surface area contributed by atoms with Gasteiger partial charge in [-0.05, 0) is 30.1 Å². The molecule has 70 valence electrons. The zero-order chi connectivity index (χ0) is 9.19. The second-order valence-corrected chi connectivity index (χ2v) is 4.99. The predicted octanol–water partition coefficient (Wildman–Crippen LogP) is 4.02. The lowest BCUT2D eigenvalue weighted by molar-refractivity contribution is 0.0864. The van der Waals surface area contributed by atoms with Gasteiger partial charge < -0.3 is 0 Å². The van der Waals surface area contributed by atoms with Crippen LogP contribution >= 0.6 is 0 Å². The van der Waals surface area contributed by atoms with Crippen molar-refractivity contribution in [3.8, 4) is 0 Å². The molecule has 1 saturated carbocycles. The van der Waals surface area contributed by atoms with Crippen molar-refractivity contribution in [2.45, 2.75) is 46.5 Å². The molecule has 0 nitrogen and oxygen atoms in total. The summed E-state index contributed by atoms with van der Waals surface area (Å²) in [5.41, 5.74) is 0.547. The van der Waals surface area contributed by atoms with Crippen LogP contribution in [0.1, 0.15) is 46.5 Å². The molecular formula is C12H22. The molecule has 0 amide bonds. The lowest BCUT2D eigenvalue weighted by Gasteiger charge is -2.42. The minimum absolute atomic E-state index is 0.547. The van der Waals surface area contributed by atoms with Gasteiger partial charge in [-0.25, -0.2) is 0 Å². The molecule has 2 atom stereocenters. The van der Waals surface area contributed by atoms with E-state index in [1.807, 2.05) is 0 Å². The molecular weight excluding hydrogens is 144 g/mol. The number of allylic oxidation sites excluding steroid dienone is 1. The third kappa shape index (κ3) is 1.91. The summed E-state index contributed by atoms with van der Waals surface area (Å²) in [6.07, 6.45) is 7.53. The second kappa shape index (κ2) is 3.64. The molecule has 0 heterocycles. The largest absolute Gasteiger partial charge is 0.103 e. The predicted molar refractivity (Wildman–Crippen MR) is 55.1 cm³/mol. The molecule has 1 fully saturated rings. The highest BCUT2D eigenvalue weighted by molar-refractivity contribution is 4.90. The van der Waals surface area contributed by atoms with Crippen molar-refractivity contribution in [1.29, 1.82) is 0 Å². The maximum absolute atomic E-state index is 3.85. The van der Waals surface area contributed by atoms with Gasteiger partial charge in [-0.1, -0.05) is 39.7 Å². The fourth-order valence-electron chi connectivity index (χ4n) is 2.77. The third-order valence-electron chi connectivity index (χ3n) is 3.59. The van der Waals surface area contributed by atoms with Gasteiger partial charge in [-0.2, -0.15) is 0 Å². The Balaban J connectivity index is 2.66. The number of hydrogen-bond donors (Lipinski definition) is 0. The van der Waals surface area contributed by atoms with Gasteiger partial charge in [0.15, 0.2) is 0 Å². The Hall–Kier alpha value is -0.260. The first kappa shape index (κ1) is 9.83. The van der Waals surface area contributed by atoms with Gasteiger partial charge in [-0.3, -0.25) is 0 Å². The number of hydrogen-bond acceptors (Lipinski definition) is 0. The Kier molecular flexibility index (Phi) is 2.98. The maximum atomic E-state index is 3.85. The van der Waals surface area contributed by atoms with E-state index in [0.29, 0.717) is 5.41 Å². The van der Waals surface area contributed by atoms with Crippen molar-refractivity contribution in [2.24, 2.45) is 17.3 Å². The lowest BCUT2D eigenvalue weighted by Crippen LogP contribution is -2.33. The van der Waals surface area contributed by atoms with Crippen molar-refractivity contribution in [2.75, 3.05) is 0 Å². The zero-order valence-electron chi connectivity index (χ0n) is 8.77. The van der Waals surface area contributed by atoms with Gasteiger partial charge in [-0.15, -0.1) is 6.58 Å². The molecule has 0 unspecified atom stereocenters. The van der Waals surface area contributed by atoms with E-state index in [0.717, 1.165) is 11.8 Å². The minimum atomic E-state index is 0.547. The molecule has 0 aromatic rings. The average molecular weight is 166 g/mol. The van der Waals surface area contributed by atoms with E-state index in [1.165, 1.54) is 25.7 Å². The molecule has 1 aliphatic rings. The summed E-state index contributed by atoms with van der Waals surface area (Å²) in [5.74, 6) is 1.76. The Morgan fingerprint density at radius 1 is 1.50 bits per heavy atom. The topological polar surface area (TPSA) is 0 Å². The molecule has 1 rings (SSSR count). The normalized spacial score (nSPS) is 34.6. The lowest BCUT2D eigenvalue weighted by atomic mass is 9.63. The Labute approximate surface area is 77.1 Å². The standard InChI is InChI=1S/C12H22/c1-5-7-11-10(2)8-6-9-12(11,3)4/h5,10-11H,1,6-9H2,2-4H3/t10-,11+/m0/s1. The van der Waals surface area contributed by atoms with Crippen LogP contribution in [0.5, 0.6) is 0 Å². The first-order chi connectivity index (χ1) is 5.58. The quantitative estimate of drug-likeness (QED) is 0.543. The fraction of sp³-hybridized carbons (Fsp3) is 0.833. The first-order valence-corrected chi connectivity index (χ1v) is 5.19. The van der Waals surface area contributed by atoms with Crippen LogP contribution in [0.15, 0.2) is 12.7 Å². The molecule has 1 aliphatic carbocycles. The summed E-state index contributed by atoms with van der Waals surface area (Å²) in [6.45, 7) is 11.1. The summed E-state index contributed by atoms with van der Waals surface area (Å²) in [6, 6.07) is 0. The molecule has 0 saturated heterocycles. The first-order valence-electron chi connectivity index (χ1n) is 5.19. The van der Waals surface area contributed by atoms with E-state index in [2.05, 4.69) is 33.4 Å². The van der Waals surface area contributed by atoms with E-state index < -0.39 is 0 Å². The third-order valence-corrected chi connectivity index (χ3v) is 3.59. The fourth-order valence-corrected chi connectivity index (χ4v) is 2.77. The second-order valence-electron chi connectivity index (χ2n) is 4.99. The van der Waals surface area contributed by atoms with Crippen LogP contribution in [0.4, 0.5) is 0 Å². The van der Waals surface area contributed by atoms with Crippen molar-refractivity contribution >= 4 is 0 Å². The SMILES string of the molecule is C=CC[C@@H]1[C@@H](C)CCCC1(C)C. The number of rotatable bonds is 2. The van der Waals surface area contributed by atoms with E-state index >= 15 is 0 Å². The summed E-state index contributed by atoms with van der Waals surface area (Å²) < 4.78 is 0. The van der Waals surface area contributed by atoms with Crippen LogP contribution < -0.4 is 0 Å². The summed E-state index contributed by atoms with van der Waals surface area (Å²) in [4.78, 5) is 0. The van der Waals surface area contributed by atoms with Crippen molar-refractivity contribution in [3.63, 3.8) is 0 Å². The molecule has 0 N–H and O–H groups in total. The highest BCUT2D eigenvalue weighted by Crippen LogP contribution is 2.45. The van der Waals surface area contributed by atoms with Crippen LogP contribution in [-0.4, -0.2) is 0 Å². The zero-order valence-corrected chi connectivity index (χ0v) is 8.77. The van der Waals surface area contributed by atoms with Crippen molar-refractivity contribution < 1.29 is 0 Å². The minimum Gasteiger partial charge on any atom is -0.103 e. The van der Waals surface area contributed by atoms with Gasteiger partial charge in [0.25, 0.3) is 0 Å². The highest BCUT2D eigenvalue weighted by Gasteiger charge is 2.35. The Bertz CT molecular complexity index is 155. The molecule has 0 spiro atoms. The van der Waals surface area contributed by atoms with Crippen LogP contribution in [0.2, 0.25) is 0 Å². The Morgan fingerprint density at radius 3 is 2.67 bits per heavy atom. The van der Waals surface area contributed by atoms with Gasteiger partial charge >= 0.3 is 0 Å². The molecule has 0 heteroatoms. The van der Waals surface area contributed by atoms with Crippen LogP contribution in [-0.2, 0) is 0 Å². The summed E-state index contributed by atoms with van der Waals surface area (Å²) in [7, 11) is 0. The Morgan fingerprint density at radius 2 is 2.17 bits per heavy atom. The van der Waals surface area contributed by atoms with Gasteiger partial charge in [0.05, 0.1) is 0 Å². The van der Waals surface area contributed by atoms with E-state index in [-0.39, 0.29) is 0 Å². The smallest absolute Gasteiger partial charge is 0.0302 e.